The Kier molecular flexibility index (Phi) is 6.72. The molecule has 1 heterocycles. The fourth-order valence-corrected chi connectivity index (χ4v) is 2.57. The molecule has 3 N–H and O–H groups in total. The lowest BCUT2D eigenvalue weighted by Crippen LogP contribution is -2.39. The Morgan fingerprint density at radius 2 is 2.09 bits per heavy atom. The highest BCUT2D eigenvalue weighted by molar-refractivity contribution is 5.94. The quantitative estimate of drug-likeness (QED) is 0.423. The third kappa shape index (κ3) is 5.47. The summed E-state index contributed by atoms with van der Waals surface area (Å²) in [7, 11) is 0. The summed E-state index contributed by atoms with van der Waals surface area (Å²) in [6.07, 6.45) is 3.24. The number of nitrogens with zero attached hydrogens (tertiary/aromatic N) is 2. The summed E-state index contributed by atoms with van der Waals surface area (Å²) in [5, 5.41) is 15.5. The fraction of sp³-hybridized carbons (Fsp3) is 0.529. The number of carbonyl (C=O) groups is 1. The van der Waals surface area contributed by atoms with E-state index in [1.807, 2.05) is 0 Å². The van der Waals surface area contributed by atoms with Gasteiger partial charge in [0.25, 0.3) is 5.91 Å². The first-order chi connectivity index (χ1) is 11.2. The van der Waals surface area contributed by atoms with Crippen molar-refractivity contribution < 1.29 is 9.90 Å². The zero-order valence-corrected chi connectivity index (χ0v) is 13.7. The van der Waals surface area contributed by atoms with E-state index in [0.29, 0.717) is 18.7 Å². The molecule has 0 spiro atoms. The largest absolute Gasteiger partial charge is 0.508 e. The maximum Gasteiger partial charge on any atom is 0.251 e. The number of carbonyl (C=O) groups excluding carboxylic acids is 1. The number of hydrogen-bond acceptors (Lipinski definition) is 3. The van der Waals surface area contributed by atoms with E-state index in [1.165, 1.54) is 18.9 Å². The van der Waals surface area contributed by atoms with Crippen molar-refractivity contribution in [2.24, 2.45) is 4.99 Å². The summed E-state index contributed by atoms with van der Waals surface area (Å²) >= 11 is 0. The molecule has 1 saturated heterocycles. The van der Waals surface area contributed by atoms with Gasteiger partial charge in [-0.25, -0.2) is 0 Å². The van der Waals surface area contributed by atoms with Crippen molar-refractivity contribution in [2.45, 2.75) is 26.2 Å². The zero-order valence-electron chi connectivity index (χ0n) is 13.7. The summed E-state index contributed by atoms with van der Waals surface area (Å²) in [6.45, 7) is 6.32. The van der Waals surface area contributed by atoms with Gasteiger partial charge in [-0.2, -0.15) is 0 Å². The molecule has 0 aliphatic carbocycles. The molecule has 0 saturated carbocycles. The monoisotopic (exact) mass is 318 g/mol. The van der Waals surface area contributed by atoms with Crippen LogP contribution in [0.2, 0.25) is 0 Å². The summed E-state index contributed by atoms with van der Waals surface area (Å²) < 4.78 is 0. The van der Waals surface area contributed by atoms with Crippen molar-refractivity contribution in [3.63, 3.8) is 0 Å². The second kappa shape index (κ2) is 9.02. The van der Waals surface area contributed by atoms with Crippen LogP contribution < -0.4 is 10.6 Å². The minimum absolute atomic E-state index is 0.100. The Bertz CT molecular complexity index is 539. The Labute approximate surface area is 137 Å². The molecular formula is C17H26N4O2. The van der Waals surface area contributed by atoms with Gasteiger partial charge in [0.2, 0.25) is 0 Å². The Morgan fingerprint density at radius 3 is 2.78 bits per heavy atom. The van der Waals surface area contributed by atoms with Gasteiger partial charge in [-0.15, -0.1) is 0 Å². The van der Waals surface area contributed by atoms with Crippen LogP contribution in [-0.4, -0.2) is 54.6 Å². The van der Waals surface area contributed by atoms with Crippen LogP contribution in [0.25, 0.3) is 0 Å². The highest BCUT2D eigenvalue weighted by Crippen LogP contribution is 2.10. The van der Waals surface area contributed by atoms with Gasteiger partial charge in [0.1, 0.15) is 5.75 Å². The van der Waals surface area contributed by atoms with Crippen molar-refractivity contribution in [3.05, 3.63) is 29.8 Å². The van der Waals surface area contributed by atoms with Crippen LogP contribution in [0.15, 0.2) is 29.3 Å². The molecule has 126 valence electrons. The zero-order chi connectivity index (χ0) is 16.5. The molecule has 1 aliphatic rings. The molecule has 1 aromatic carbocycles. The van der Waals surface area contributed by atoms with Gasteiger partial charge in [-0.1, -0.05) is 6.07 Å². The summed E-state index contributed by atoms with van der Waals surface area (Å²) in [4.78, 5) is 18.8. The number of nitrogens with one attached hydrogen (secondary N) is 2. The standard InChI is InChI=1S/C17H26N4O2/c1-2-18-17(21-11-3-4-12-21)20-10-6-9-19-16(23)14-7-5-8-15(22)13-14/h5,7-8,13,22H,2-4,6,9-12H2,1H3,(H,18,20)(H,19,23). The molecule has 0 bridgehead atoms. The Balaban J connectivity index is 1.73. The van der Waals surface area contributed by atoms with Gasteiger partial charge >= 0.3 is 0 Å². The Hall–Kier alpha value is -2.24. The van der Waals surface area contributed by atoms with E-state index in [-0.39, 0.29) is 11.7 Å². The number of likely N-dealkylation sites (tertiary alicyclic amines) is 1. The van der Waals surface area contributed by atoms with Crippen LogP contribution in [-0.2, 0) is 0 Å². The first-order valence-corrected chi connectivity index (χ1v) is 8.31. The number of hydrogen-bond donors (Lipinski definition) is 3. The molecule has 1 amide bonds. The van der Waals surface area contributed by atoms with E-state index in [9.17, 15) is 9.90 Å². The van der Waals surface area contributed by atoms with Gasteiger partial charge in [0.15, 0.2) is 5.96 Å². The molecule has 6 nitrogen and oxygen atoms in total. The van der Waals surface area contributed by atoms with E-state index in [2.05, 4.69) is 27.4 Å². The SMILES string of the molecule is CCNC(=NCCCNC(=O)c1cccc(O)c1)N1CCCC1. The van der Waals surface area contributed by atoms with Gasteiger partial charge in [-0.05, 0) is 44.4 Å². The third-order valence-electron chi connectivity index (χ3n) is 3.73. The fourth-order valence-electron chi connectivity index (χ4n) is 2.57. The lowest BCUT2D eigenvalue weighted by molar-refractivity contribution is 0.0953. The summed E-state index contributed by atoms with van der Waals surface area (Å²) in [5.74, 6) is 0.906. The molecule has 1 aromatic rings. The van der Waals surface area contributed by atoms with E-state index < -0.39 is 0 Å². The van der Waals surface area contributed by atoms with Crippen LogP contribution in [0.3, 0.4) is 0 Å². The van der Waals surface area contributed by atoms with Crippen molar-refractivity contribution >= 4 is 11.9 Å². The highest BCUT2D eigenvalue weighted by Gasteiger charge is 2.15. The van der Waals surface area contributed by atoms with Crippen LogP contribution in [0.5, 0.6) is 5.75 Å². The number of benzene rings is 1. The van der Waals surface area contributed by atoms with Gasteiger partial charge in [0.05, 0.1) is 0 Å². The predicted molar refractivity (Wildman–Crippen MR) is 91.8 cm³/mol. The molecule has 2 rings (SSSR count). The topological polar surface area (TPSA) is 77.0 Å². The van der Waals surface area contributed by atoms with Crippen LogP contribution in [0.4, 0.5) is 0 Å². The van der Waals surface area contributed by atoms with E-state index in [1.54, 1.807) is 18.2 Å². The first kappa shape index (κ1) is 17.1. The van der Waals surface area contributed by atoms with Crippen molar-refractivity contribution in [2.75, 3.05) is 32.7 Å². The van der Waals surface area contributed by atoms with E-state index >= 15 is 0 Å². The maximum atomic E-state index is 11.9. The van der Waals surface area contributed by atoms with E-state index in [4.69, 9.17) is 0 Å². The molecule has 0 radical (unpaired) electrons. The van der Waals surface area contributed by atoms with Gasteiger partial charge in [0, 0.05) is 38.3 Å². The minimum Gasteiger partial charge on any atom is -0.508 e. The molecule has 23 heavy (non-hydrogen) atoms. The predicted octanol–water partition coefficient (Wildman–Crippen LogP) is 1.57. The van der Waals surface area contributed by atoms with Crippen molar-refractivity contribution in [1.82, 2.24) is 15.5 Å². The normalized spacial score (nSPS) is 14.8. The van der Waals surface area contributed by atoms with Crippen LogP contribution >= 0.6 is 0 Å². The second-order valence-electron chi connectivity index (χ2n) is 5.59. The maximum absolute atomic E-state index is 11.9. The number of phenolic OH excluding ortho intramolecular Hbond substituents is 1. The lowest BCUT2D eigenvalue weighted by Gasteiger charge is -2.20. The highest BCUT2D eigenvalue weighted by atomic mass is 16.3. The third-order valence-corrected chi connectivity index (χ3v) is 3.73. The number of guanidine groups is 1. The molecule has 0 aromatic heterocycles. The number of aliphatic imine (C=N–C) groups is 1. The first-order valence-electron chi connectivity index (χ1n) is 8.31. The minimum atomic E-state index is -0.170. The average molecular weight is 318 g/mol. The summed E-state index contributed by atoms with van der Waals surface area (Å²) in [5.41, 5.74) is 0.471. The van der Waals surface area contributed by atoms with Gasteiger partial charge in [-0.3, -0.25) is 9.79 Å². The molecule has 1 aliphatic heterocycles. The van der Waals surface area contributed by atoms with Crippen LogP contribution in [0.1, 0.15) is 36.5 Å². The lowest BCUT2D eigenvalue weighted by atomic mass is 10.2. The summed E-state index contributed by atoms with van der Waals surface area (Å²) in [6, 6.07) is 6.35. The van der Waals surface area contributed by atoms with Gasteiger partial charge < -0.3 is 20.6 Å². The average Bonchev–Trinajstić information content (AvgIpc) is 3.07. The number of phenols is 1. The van der Waals surface area contributed by atoms with Crippen molar-refractivity contribution in [3.8, 4) is 5.75 Å². The number of rotatable bonds is 6. The molecule has 1 fully saturated rings. The Morgan fingerprint density at radius 1 is 1.30 bits per heavy atom. The van der Waals surface area contributed by atoms with E-state index in [0.717, 1.165) is 32.0 Å². The molecule has 0 atom stereocenters. The van der Waals surface area contributed by atoms with Crippen LogP contribution in [0, 0.1) is 0 Å². The molecular weight excluding hydrogens is 292 g/mol. The number of aromatic hydroxyl groups is 1. The number of amides is 1. The van der Waals surface area contributed by atoms with Crippen molar-refractivity contribution in [1.29, 1.82) is 0 Å². The molecule has 0 unspecified atom stereocenters. The second-order valence-corrected chi connectivity index (χ2v) is 5.59. The molecule has 6 heteroatoms. The smallest absolute Gasteiger partial charge is 0.251 e.